The van der Waals surface area contributed by atoms with E-state index in [4.69, 9.17) is 0 Å². The summed E-state index contributed by atoms with van der Waals surface area (Å²) in [5, 5.41) is 14.0. The predicted octanol–water partition coefficient (Wildman–Crippen LogP) is 1.96. The van der Waals surface area contributed by atoms with E-state index in [1.807, 2.05) is 32.2 Å². The van der Waals surface area contributed by atoms with Crippen molar-refractivity contribution >= 4 is 5.91 Å². The molecule has 1 heterocycles. The Hall–Kier alpha value is -2.24. The number of nitrogens with one attached hydrogen (secondary N) is 1. The molecule has 1 aliphatic carbocycles. The molecule has 1 aromatic heterocycles. The Labute approximate surface area is 129 Å². The molecule has 1 aliphatic rings. The van der Waals surface area contributed by atoms with Gasteiger partial charge in [0, 0.05) is 19.5 Å². The molecule has 22 heavy (non-hydrogen) atoms. The minimum atomic E-state index is -0.0244. The molecule has 1 amide bonds. The van der Waals surface area contributed by atoms with Crippen LogP contribution in [-0.4, -0.2) is 45.0 Å². The minimum Gasteiger partial charge on any atom is -0.344 e. The molecule has 116 valence electrons. The number of hydrogen-bond donors (Lipinski definition) is 1. The number of hydrogen-bond acceptors (Lipinski definition) is 4. The van der Waals surface area contributed by atoms with Gasteiger partial charge in [-0.2, -0.15) is 5.21 Å². The first-order chi connectivity index (χ1) is 10.7. The minimum absolute atomic E-state index is 0.0244. The van der Waals surface area contributed by atoms with Gasteiger partial charge in [0.1, 0.15) is 0 Å². The SMILES string of the molecule is C[C@@H](CN(C)C(=O)[C@H](c1ccccc1)C1CC1)c1nn[nH]n1. The lowest BCUT2D eigenvalue weighted by atomic mass is 9.92. The smallest absolute Gasteiger partial charge is 0.230 e. The van der Waals surface area contributed by atoms with E-state index in [0.717, 1.165) is 18.4 Å². The number of likely N-dealkylation sites (N-methyl/N-ethyl adjacent to an activating group) is 1. The Bertz CT molecular complexity index is 609. The predicted molar refractivity (Wildman–Crippen MR) is 82.1 cm³/mol. The standard InChI is InChI=1S/C16H21N5O/c1-11(15-17-19-20-18-15)10-21(2)16(22)14(13-8-9-13)12-6-4-3-5-7-12/h3-7,11,13-14H,8-10H2,1-2H3,(H,17,18,19,20)/t11-,14+/m0/s1. The molecule has 0 bridgehead atoms. The lowest BCUT2D eigenvalue weighted by Crippen LogP contribution is -2.35. The van der Waals surface area contributed by atoms with Crippen molar-refractivity contribution in [1.29, 1.82) is 0 Å². The van der Waals surface area contributed by atoms with Gasteiger partial charge >= 0.3 is 0 Å². The molecule has 6 heteroatoms. The second-order valence-corrected chi connectivity index (χ2v) is 6.12. The molecule has 1 aromatic carbocycles. The fourth-order valence-corrected chi connectivity index (χ4v) is 2.90. The maximum atomic E-state index is 12.9. The number of amides is 1. The van der Waals surface area contributed by atoms with Crippen LogP contribution in [0, 0.1) is 5.92 Å². The van der Waals surface area contributed by atoms with Gasteiger partial charge in [-0.3, -0.25) is 4.79 Å². The molecule has 0 spiro atoms. The van der Waals surface area contributed by atoms with Crippen LogP contribution in [0.5, 0.6) is 0 Å². The first kappa shape index (κ1) is 14.7. The zero-order chi connectivity index (χ0) is 15.5. The highest BCUT2D eigenvalue weighted by Gasteiger charge is 2.38. The van der Waals surface area contributed by atoms with Crippen molar-refractivity contribution in [3.8, 4) is 0 Å². The van der Waals surface area contributed by atoms with Gasteiger partial charge in [-0.25, -0.2) is 0 Å². The molecule has 0 radical (unpaired) electrons. The Morgan fingerprint density at radius 1 is 1.36 bits per heavy atom. The van der Waals surface area contributed by atoms with Crippen LogP contribution in [-0.2, 0) is 4.79 Å². The van der Waals surface area contributed by atoms with Gasteiger partial charge in [-0.1, -0.05) is 42.5 Å². The fraction of sp³-hybridized carbons (Fsp3) is 0.500. The summed E-state index contributed by atoms with van der Waals surface area (Å²) in [6, 6.07) is 10.1. The number of carbonyl (C=O) groups excluding carboxylic acids is 1. The zero-order valence-corrected chi connectivity index (χ0v) is 12.9. The number of nitrogens with zero attached hydrogens (tertiary/aromatic N) is 4. The molecule has 0 unspecified atom stereocenters. The second-order valence-electron chi connectivity index (χ2n) is 6.12. The fourth-order valence-electron chi connectivity index (χ4n) is 2.90. The number of rotatable bonds is 6. The van der Waals surface area contributed by atoms with Crippen molar-refractivity contribution in [2.45, 2.75) is 31.6 Å². The highest BCUT2D eigenvalue weighted by molar-refractivity contribution is 5.84. The van der Waals surface area contributed by atoms with E-state index in [1.54, 1.807) is 4.90 Å². The van der Waals surface area contributed by atoms with E-state index in [2.05, 4.69) is 32.8 Å². The second kappa shape index (κ2) is 6.25. The van der Waals surface area contributed by atoms with Crippen LogP contribution in [0.25, 0.3) is 0 Å². The van der Waals surface area contributed by atoms with Gasteiger partial charge in [0.2, 0.25) is 5.91 Å². The molecule has 1 N–H and O–H groups in total. The van der Waals surface area contributed by atoms with Crippen LogP contribution in [0.2, 0.25) is 0 Å². The van der Waals surface area contributed by atoms with Crippen LogP contribution >= 0.6 is 0 Å². The Balaban J connectivity index is 1.70. The maximum Gasteiger partial charge on any atom is 0.230 e. The van der Waals surface area contributed by atoms with Crippen molar-refractivity contribution < 1.29 is 4.79 Å². The number of carbonyl (C=O) groups is 1. The number of H-pyrrole nitrogens is 1. The third-order valence-electron chi connectivity index (χ3n) is 4.24. The average molecular weight is 299 g/mol. The van der Waals surface area contributed by atoms with Crippen molar-refractivity contribution in [3.05, 3.63) is 41.7 Å². The van der Waals surface area contributed by atoms with E-state index in [0.29, 0.717) is 18.3 Å². The lowest BCUT2D eigenvalue weighted by Gasteiger charge is -2.25. The summed E-state index contributed by atoms with van der Waals surface area (Å²) in [5.41, 5.74) is 1.12. The van der Waals surface area contributed by atoms with E-state index in [-0.39, 0.29) is 17.7 Å². The topological polar surface area (TPSA) is 74.8 Å². The summed E-state index contributed by atoms with van der Waals surface area (Å²) in [5.74, 6) is 1.34. The monoisotopic (exact) mass is 299 g/mol. The Kier molecular flexibility index (Phi) is 4.18. The normalized spacial score (nSPS) is 17.0. The molecule has 0 saturated heterocycles. The summed E-state index contributed by atoms with van der Waals surface area (Å²) in [7, 11) is 1.86. The Morgan fingerprint density at radius 2 is 2.09 bits per heavy atom. The van der Waals surface area contributed by atoms with Gasteiger partial charge in [-0.05, 0) is 24.3 Å². The van der Waals surface area contributed by atoms with Gasteiger partial charge < -0.3 is 4.90 Å². The Morgan fingerprint density at radius 3 is 2.68 bits per heavy atom. The molecule has 3 rings (SSSR count). The van der Waals surface area contributed by atoms with Crippen molar-refractivity contribution in [3.63, 3.8) is 0 Å². The molecule has 6 nitrogen and oxygen atoms in total. The molecule has 2 atom stereocenters. The van der Waals surface area contributed by atoms with E-state index < -0.39 is 0 Å². The third kappa shape index (κ3) is 3.16. The number of aromatic nitrogens is 4. The molecule has 1 fully saturated rings. The van der Waals surface area contributed by atoms with Gasteiger partial charge in [0.25, 0.3) is 0 Å². The molecular weight excluding hydrogens is 278 g/mol. The van der Waals surface area contributed by atoms with E-state index in [9.17, 15) is 4.79 Å². The van der Waals surface area contributed by atoms with Crippen LogP contribution < -0.4 is 0 Å². The van der Waals surface area contributed by atoms with Crippen LogP contribution in [0.3, 0.4) is 0 Å². The van der Waals surface area contributed by atoms with Crippen molar-refractivity contribution in [2.24, 2.45) is 5.92 Å². The summed E-state index contributed by atoms with van der Waals surface area (Å²) in [4.78, 5) is 14.7. The molecule has 1 saturated carbocycles. The summed E-state index contributed by atoms with van der Waals surface area (Å²) >= 11 is 0. The van der Waals surface area contributed by atoms with E-state index >= 15 is 0 Å². The van der Waals surface area contributed by atoms with Gasteiger partial charge in [0.05, 0.1) is 5.92 Å². The van der Waals surface area contributed by atoms with Crippen LogP contribution in [0.4, 0.5) is 0 Å². The summed E-state index contributed by atoms with van der Waals surface area (Å²) in [6.07, 6.45) is 2.28. The summed E-state index contributed by atoms with van der Waals surface area (Å²) in [6.45, 7) is 2.59. The van der Waals surface area contributed by atoms with E-state index in [1.165, 1.54) is 0 Å². The lowest BCUT2D eigenvalue weighted by molar-refractivity contribution is -0.132. The first-order valence-electron chi connectivity index (χ1n) is 7.70. The number of tetrazole rings is 1. The molecular formula is C16H21N5O. The quantitative estimate of drug-likeness (QED) is 0.884. The molecule has 2 aromatic rings. The number of aromatic amines is 1. The first-order valence-corrected chi connectivity index (χ1v) is 7.70. The van der Waals surface area contributed by atoms with Crippen LogP contribution in [0.15, 0.2) is 30.3 Å². The van der Waals surface area contributed by atoms with Crippen molar-refractivity contribution in [2.75, 3.05) is 13.6 Å². The van der Waals surface area contributed by atoms with Crippen molar-refractivity contribution in [1.82, 2.24) is 25.5 Å². The molecule has 0 aliphatic heterocycles. The number of benzene rings is 1. The summed E-state index contributed by atoms with van der Waals surface area (Å²) < 4.78 is 0. The zero-order valence-electron chi connectivity index (χ0n) is 12.9. The maximum absolute atomic E-state index is 12.9. The highest BCUT2D eigenvalue weighted by atomic mass is 16.2. The third-order valence-corrected chi connectivity index (χ3v) is 4.24. The largest absolute Gasteiger partial charge is 0.344 e. The average Bonchev–Trinajstić information content (AvgIpc) is 3.20. The highest BCUT2D eigenvalue weighted by Crippen LogP contribution is 2.43. The van der Waals surface area contributed by atoms with Gasteiger partial charge in [-0.15, -0.1) is 10.2 Å². The van der Waals surface area contributed by atoms with Crippen LogP contribution in [0.1, 0.15) is 43.0 Å². The van der Waals surface area contributed by atoms with Gasteiger partial charge in [0.15, 0.2) is 5.82 Å².